The fourth-order valence-electron chi connectivity index (χ4n) is 3.85. The third-order valence-corrected chi connectivity index (χ3v) is 5.13. The molecule has 0 heterocycles. The van der Waals surface area contributed by atoms with Gasteiger partial charge in [-0.3, -0.25) is 0 Å². The van der Waals surface area contributed by atoms with E-state index in [4.69, 9.17) is 0 Å². The zero-order chi connectivity index (χ0) is 17.3. The van der Waals surface area contributed by atoms with Gasteiger partial charge in [-0.05, 0) is 16.2 Å². The summed E-state index contributed by atoms with van der Waals surface area (Å²) in [6.07, 6.45) is 6.48. The Labute approximate surface area is 178 Å². The number of hydrogen-bond acceptors (Lipinski definition) is 0. The molecule has 0 nitrogen and oxygen atoms in total. The first kappa shape index (κ1) is 18.0. The van der Waals surface area contributed by atoms with Crippen molar-refractivity contribution in [1.29, 1.82) is 0 Å². The summed E-state index contributed by atoms with van der Waals surface area (Å²) < 4.78 is 0. The quantitative estimate of drug-likeness (QED) is 0.190. The average molecular weight is 422 g/mol. The van der Waals surface area contributed by atoms with E-state index in [2.05, 4.69) is 103 Å². The summed E-state index contributed by atoms with van der Waals surface area (Å²) in [5, 5.41) is 8.08. The van der Waals surface area contributed by atoms with Crippen molar-refractivity contribution < 1.29 is 26.2 Å². The van der Waals surface area contributed by atoms with Crippen LogP contribution in [0.4, 0.5) is 0 Å². The molecule has 1 aliphatic rings. The maximum atomic E-state index is 3.33. The van der Waals surface area contributed by atoms with Crippen molar-refractivity contribution in [2.75, 3.05) is 0 Å². The normalized spacial score (nSPS) is 11.9. The van der Waals surface area contributed by atoms with Gasteiger partial charge < -0.3 is 0 Å². The summed E-state index contributed by atoms with van der Waals surface area (Å²) in [4.78, 5) is 0. The van der Waals surface area contributed by atoms with Gasteiger partial charge in [0, 0.05) is 0 Å². The van der Waals surface area contributed by atoms with Crippen LogP contribution in [0.15, 0.2) is 97.1 Å². The van der Waals surface area contributed by atoms with E-state index < -0.39 is 0 Å². The summed E-state index contributed by atoms with van der Waals surface area (Å²) in [7, 11) is 0. The van der Waals surface area contributed by atoms with E-state index in [1.807, 2.05) is 0 Å². The molecule has 0 radical (unpaired) electrons. The maximum absolute atomic E-state index is 3.33. The molecule has 0 saturated carbocycles. The first-order valence-corrected chi connectivity index (χ1v) is 9.02. The maximum Gasteiger partial charge on any atom is 2.00 e. The summed E-state index contributed by atoms with van der Waals surface area (Å²) in [6.45, 7) is 0. The average Bonchev–Trinajstić information content (AvgIpc) is 3.37. The fraction of sp³-hybridized carbons (Fsp3) is 0.0385. The van der Waals surface area contributed by atoms with Crippen LogP contribution in [0.5, 0.6) is 0 Å². The van der Waals surface area contributed by atoms with Crippen LogP contribution in [-0.4, -0.2) is 0 Å². The van der Waals surface area contributed by atoms with E-state index in [0.29, 0.717) is 0 Å². The minimum Gasteiger partial charge on any atom is -0.189 e. The van der Waals surface area contributed by atoms with E-state index >= 15 is 0 Å². The fourth-order valence-corrected chi connectivity index (χ4v) is 3.85. The second-order valence-electron chi connectivity index (χ2n) is 6.68. The van der Waals surface area contributed by atoms with Gasteiger partial charge in [-0.2, -0.15) is 41.3 Å². The molecule has 1 aliphatic carbocycles. The van der Waals surface area contributed by atoms with Gasteiger partial charge in [-0.25, -0.2) is 0 Å². The third-order valence-electron chi connectivity index (χ3n) is 5.13. The van der Waals surface area contributed by atoms with Crippen molar-refractivity contribution in [3.8, 4) is 0 Å². The Bertz CT molecular complexity index is 1230. The molecule has 0 bridgehead atoms. The van der Waals surface area contributed by atoms with E-state index in [1.165, 1.54) is 43.4 Å². The van der Waals surface area contributed by atoms with Crippen molar-refractivity contribution in [3.63, 3.8) is 0 Å². The number of fused-ring (bicyclic) bond motifs is 6. The molecular formula is C26H18Zr. The molecule has 0 spiro atoms. The molecule has 0 amide bonds. The van der Waals surface area contributed by atoms with Gasteiger partial charge in [0.05, 0.1) is 0 Å². The molecule has 5 aromatic rings. The Morgan fingerprint density at radius 2 is 1.44 bits per heavy atom. The zero-order valence-corrected chi connectivity index (χ0v) is 17.4. The predicted octanol–water partition coefficient (Wildman–Crippen LogP) is 6.81. The molecule has 1 heteroatoms. The molecule has 0 N–H and O–H groups in total. The smallest absolute Gasteiger partial charge is 0.189 e. The van der Waals surface area contributed by atoms with Crippen LogP contribution < -0.4 is 0 Å². The van der Waals surface area contributed by atoms with Crippen molar-refractivity contribution in [3.05, 3.63) is 114 Å². The second-order valence-corrected chi connectivity index (χ2v) is 6.68. The van der Waals surface area contributed by atoms with Gasteiger partial charge in [0.15, 0.2) is 0 Å². The number of rotatable bonds is 0. The monoisotopic (exact) mass is 420 g/mol. The Morgan fingerprint density at radius 1 is 0.704 bits per heavy atom. The Balaban J connectivity index is 0.000000153. The first-order valence-electron chi connectivity index (χ1n) is 9.02. The summed E-state index contributed by atoms with van der Waals surface area (Å²) in [5.74, 6) is 0. The number of benzene rings is 4. The van der Waals surface area contributed by atoms with E-state index in [9.17, 15) is 0 Å². The molecule has 0 saturated heterocycles. The minimum absolute atomic E-state index is 0. The molecule has 6 rings (SSSR count). The second kappa shape index (κ2) is 7.71. The minimum atomic E-state index is 0. The molecule has 0 fully saturated rings. The predicted molar refractivity (Wildman–Crippen MR) is 112 cm³/mol. The van der Waals surface area contributed by atoms with Crippen molar-refractivity contribution in [1.82, 2.24) is 0 Å². The van der Waals surface area contributed by atoms with Crippen LogP contribution in [-0.2, 0) is 32.6 Å². The topological polar surface area (TPSA) is 0 Å². The zero-order valence-electron chi connectivity index (χ0n) is 14.9. The van der Waals surface area contributed by atoms with Crippen LogP contribution in [0.2, 0.25) is 0 Å². The van der Waals surface area contributed by atoms with E-state index in [0.717, 1.165) is 6.42 Å². The number of hydrogen-bond donors (Lipinski definition) is 0. The Kier molecular flexibility index (Phi) is 5.14. The van der Waals surface area contributed by atoms with Crippen molar-refractivity contribution in [2.24, 2.45) is 0 Å². The molecule has 0 aromatic heterocycles. The summed E-state index contributed by atoms with van der Waals surface area (Å²) >= 11 is 0. The van der Waals surface area contributed by atoms with Gasteiger partial charge in [-0.15, -0.1) is 41.3 Å². The van der Waals surface area contributed by atoms with Gasteiger partial charge in [0.1, 0.15) is 0 Å². The van der Waals surface area contributed by atoms with Gasteiger partial charge in [0.2, 0.25) is 0 Å². The van der Waals surface area contributed by atoms with E-state index in [1.54, 1.807) is 0 Å². The molecule has 27 heavy (non-hydrogen) atoms. The molecular weight excluding hydrogens is 404 g/mol. The molecule has 0 atom stereocenters. The molecule has 0 unspecified atom stereocenters. The standard InChI is InChI=1S/C17H11.C9H7.Zr/c1-2-6-15-12(4-1)8-10-14-11-9-13-5-3-7-16(13)17(14)15;1-2-5-9-7-3-6-8(9)4-1;/h1-4,6,8-11H,7H2;1-7H;/q2*-1;+2. The Morgan fingerprint density at radius 3 is 2.33 bits per heavy atom. The van der Waals surface area contributed by atoms with Gasteiger partial charge in [-0.1, -0.05) is 54.3 Å². The first-order chi connectivity index (χ1) is 12.9. The van der Waals surface area contributed by atoms with Crippen LogP contribution in [0.25, 0.3) is 32.3 Å². The van der Waals surface area contributed by atoms with Crippen molar-refractivity contribution >= 4 is 32.3 Å². The van der Waals surface area contributed by atoms with Crippen LogP contribution >= 0.6 is 0 Å². The van der Waals surface area contributed by atoms with Crippen LogP contribution in [0.1, 0.15) is 11.1 Å². The SMILES string of the molecule is [C-]1=CCc2c1ccc1ccc3ccccc3c21.[Zr+2].c1ccc2[cH-]ccc2c1. The summed E-state index contributed by atoms with van der Waals surface area (Å²) in [5.41, 5.74) is 2.69. The third kappa shape index (κ3) is 3.33. The van der Waals surface area contributed by atoms with Gasteiger partial charge >= 0.3 is 26.2 Å². The van der Waals surface area contributed by atoms with Gasteiger partial charge in [0.25, 0.3) is 0 Å². The Hall–Kier alpha value is -2.37. The molecule has 0 aliphatic heterocycles. The molecule has 126 valence electrons. The largest absolute Gasteiger partial charge is 2.00 e. The van der Waals surface area contributed by atoms with Crippen LogP contribution in [0, 0.1) is 6.08 Å². The van der Waals surface area contributed by atoms with Crippen molar-refractivity contribution in [2.45, 2.75) is 6.42 Å². The summed E-state index contributed by atoms with van der Waals surface area (Å²) in [6, 6.07) is 32.1. The molecule has 5 aromatic carbocycles. The van der Waals surface area contributed by atoms with E-state index in [-0.39, 0.29) is 26.2 Å². The van der Waals surface area contributed by atoms with Crippen LogP contribution in [0.3, 0.4) is 0 Å². The number of allylic oxidation sites excluding steroid dienone is 1.